The lowest BCUT2D eigenvalue weighted by molar-refractivity contribution is -0.123. The molecule has 0 aromatic carbocycles. The molecular weight excluding hydrogens is 282 g/mol. The SMILES string of the molecule is CC(C)c1cc(C(=O)N2CCC(NC(=O)C3CC3)CC2)no1. The number of hydrogen-bond donors (Lipinski definition) is 1. The van der Waals surface area contributed by atoms with Crippen LogP contribution in [0.25, 0.3) is 0 Å². The summed E-state index contributed by atoms with van der Waals surface area (Å²) >= 11 is 0. The van der Waals surface area contributed by atoms with Crippen LogP contribution >= 0.6 is 0 Å². The molecule has 1 saturated carbocycles. The predicted molar refractivity (Wildman–Crippen MR) is 80.4 cm³/mol. The number of hydrogen-bond acceptors (Lipinski definition) is 4. The van der Waals surface area contributed by atoms with Crippen molar-refractivity contribution in [2.75, 3.05) is 13.1 Å². The van der Waals surface area contributed by atoms with Crippen LogP contribution in [0.4, 0.5) is 0 Å². The summed E-state index contributed by atoms with van der Waals surface area (Å²) in [6, 6.07) is 1.93. The third kappa shape index (κ3) is 3.31. The number of rotatable bonds is 4. The maximum absolute atomic E-state index is 12.4. The largest absolute Gasteiger partial charge is 0.360 e. The molecule has 1 saturated heterocycles. The first-order valence-corrected chi connectivity index (χ1v) is 8.11. The van der Waals surface area contributed by atoms with Gasteiger partial charge in [-0.3, -0.25) is 9.59 Å². The number of carbonyl (C=O) groups excluding carboxylic acids is 2. The summed E-state index contributed by atoms with van der Waals surface area (Å²) in [6.07, 6.45) is 3.65. The summed E-state index contributed by atoms with van der Waals surface area (Å²) in [4.78, 5) is 26.0. The van der Waals surface area contributed by atoms with Gasteiger partial charge in [-0.2, -0.15) is 0 Å². The van der Waals surface area contributed by atoms with Gasteiger partial charge in [-0.25, -0.2) is 0 Å². The van der Waals surface area contributed by atoms with Crippen LogP contribution in [0.5, 0.6) is 0 Å². The monoisotopic (exact) mass is 305 g/mol. The van der Waals surface area contributed by atoms with E-state index in [0.717, 1.165) is 31.4 Å². The van der Waals surface area contributed by atoms with Gasteiger partial charge in [0.2, 0.25) is 5.91 Å². The topological polar surface area (TPSA) is 75.4 Å². The quantitative estimate of drug-likeness (QED) is 0.922. The zero-order valence-corrected chi connectivity index (χ0v) is 13.2. The average Bonchev–Trinajstić information content (AvgIpc) is 3.24. The van der Waals surface area contributed by atoms with E-state index in [1.165, 1.54) is 0 Å². The lowest BCUT2D eigenvalue weighted by atomic mass is 10.0. The van der Waals surface area contributed by atoms with E-state index in [2.05, 4.69) is 10.5 Å². The van der Waals surface area contributed by atoms with Gasteiger partial charge >= 0.3 is 0 Å². The van der Waals surface area contributed by atoms with Crippen LogP contribution in [0.2, 0.25) is 0 Å². The van der Waals surface area contributed by atoms with E-state index in [4.69, 9.17) is 4.52 Å². The molecule has 1 N–H and O–H groups in total. The van der Waals surface area contributed by atoms with Crippen molar-refractivity contribution in [3.63, 3.8) is 0 Å². The van der Waals surface area contributed by atoms with Gasteiger partial charge in [-0.15, -0.1) is 0 Å². The highest BCUT2D eigenvalue weighted by Crippen LogP contribution is 2.29. The van der Waals surface area contributed by atoms with Crippen LogP contribution < -0.4 is 5.32 Å². The number of aromatic nitrogens is 1. The molecule has 2 fully saturated rings. The molecule has 6 nitrogen and oxygen atoms in total. The Labute approximate surface area is 130 Å². The molecule has 0 bridgehead atoms. The maximum atomic E-state index is 12.4. The van der Waals surface area contributed by atoms with E-state index >= 15 is 0 Å². The Bertz CT molecular complexity index is 555. The highest BCUT2D eigenvalue weighted by atomic mass is 16.5. The molecular formula is C16H23N3O3. The first-order valence-electron chi connectivity index (χ1n) is 8.11. The molecule has 1 aromatic heterocycles. The highest BCUT2D eigenvalue weighted by molar-refractivity contribution is 5.92. The number of likely N-dealkylation sites (tertiary alicyclic amines) is 1. The molecule has 1 aliphatic carbocycles. The standard InChI is InChI=1S/C16H23N3O3/c1-10(2)14-9-13(18-22-14)16(21)19-7-5-12(6-8-19)17-15(20)11-3-4-11/h9-12H,3-8H2,1-2H3,(H,17,20). The molecule has 2 aliphatic rings. The van der Waals surface area contributed by atoms with Crippen LogP contribution in [-0.2, 0) is 4.79 Å². The molecule has 3 rings (SSSR count). The van der Waals surface area contributed by atoms with Crippen LogP contribution in [-0.4, -0.2) is 41.0 Å². The lowest BCUT2D eigenvalue weighted by Gasteiger charge is -2.31. The second-order valence-electron chi connectivity index (χ2n) is 6.62. The zero-order chi connectivity index (χ0) is 15.7. The molecule has 0 spiro atoms. The van der Waals surface area contributed by atoms with Gasteiger partial charge in [0.15, 0.2) is 5.69 Å². The van der Waals surface area contributed by atoms with E-state index in [9.17, 15) is 9.59 Å². The molecule has 0 radical (unpaired) electrons. The molecule has 22 heavy (non-hydrogen) atoms. The molecule has 0 unspecified atom stereocenters. The van der Waals surface area contributed by atoms with Gasteiger partial charge in [0.1, 0.15) is 5.76 Å². The molecule has 2 amide bonds. The lowest BCUT2D eigenvalue weighted by Crippen LogP contribution is -2.47. The molecule has 120 valence electrons. The molecule has 2 heterocycles. The predicted octanol–water partition coefficient (Wildman–Crippen LogP) is 1.93. The number of nitrogens with zero attached hydrogens (tertiary/aromatic N) is 2. The summed E-state index contributed by atoms with van der Waals surface area (Å²) in [6.45, 7) is 5.31. The normalized spacial score (nSPS) is 19.5. The Morgan fingerprint density at radius 2 is 1.95 bits per heavy atom. The fourth-order valence-electron chi connectivity index (χ4n) is 2.72. The maximum Gasteiger partial charge on any atom is 0.276 e. The Hall–Kier alpha value is -1.85. The van der Waals surface area contributed by atoms with Crippen molar-refractivity contribution in [2.24, 2.45) is 5.92 Å². The molecule has 1 aliphatic heterocycles. The second kappa shape index (κ2) is 6.10. The minimum atomic E-state index is -0.0809. The van der Waals surface area contributed by atoms with Crippen molar-refractivity contribution < 1.29 is 14.1 Å². The van der Waals surface area contributed by atoms with Gasteiger partial charge in [-0.1, -0.05) is 19.0 Å². The van der Waals surface area contributed by atoms with Gasteiger partial charge < -0.3 is 14.7 Å². The minimum Gasteiger partial charge on any atom is -0.360 e. The zero-order valence-electron chi connectivity index (χ0n) is 13.2. The summed E-state index contributed by atoms with van der Waals surface area (Å²) in [5.41, 5.74) is 0.379. The smallest absolute Gasteiger partial charge is 0.276 e. The van der Waals surface area contributed by atoms with Crippen LogP contribution in [0, 0.1) is 5.92 Å². The highest BCUT2D eigenvalue weighted by Gasteiger charge is 2.32. The molecule has 1 aromatic rings. The fourth-order valence-corrected chi connectivity index (χ4v) is 2.72. The second-order valence-corrected chi connectivity index (χ2v) is 6.62. The Morgan fingerprint density at radius 3 is 2.50 bits per heavy atom. The van der Waals surface area contributed by atoms with Crippen molar-refractivity contribution in [1.29, 1.82) is 0 Å². The van der Waals surface area contributed by atoms with Gasteiger partial charge in [0.25, 0.3) is 5.91 Å². The fraction of sp³-hybridized carbons (Fsp3) is 0.688. The van der Waals surface area contributed by atoms with E-state index in [0.29, 0.717) is 18.8 Å². The van der Waals surface area contributed by atoms with E-state index in [-0.39, 0.29) is 29.7 Å². The first kappa shape index (κ1) is 15.1. The van der Waals surface area contributed by atoms with E-state index < -0.39 is 0 Å². The summed E-state index contributed by atoms with van der Waals surface area (Å²) in [5, 5.41) is 6.96. The van der Waals surface area contributed by atoms with Crippen molar-refractivity contribution >= 4 is 11.8 Å². The Morgan fingerprint density at radius 1 is 1.27 bits per heavy atom. The number of piperidine rings is 1. The Kier molecular flexibility index (Phi) is 4.18. The van der Waals surface area contributed by atoms with Crippen molar-refractivity contribution in [2.45, 2.75) is 51.5 Å². The van der Waals surface area contributed by atoms with Crippen molar-refractivity contribution in [1.82, 2.24) is 15.4 Å². The van der Waals surface area contributed by atoms with Gasteiger partial charge in [0, 0.05) is 37.0 Å². The van der Waals surface area contributed by atoms with E-state index in [1.807, 2.05) is 13.8 Å². The van der Waals surface area contributed by atoms with Crippen LogP contribution in [0.1, 0.15) is 61.7 Å². The van der Waals surface area contributed by atoms with E-state index in [1.54, 1.807) is 11.0 Å². The summed E-state index contributed by atoms with van der Waals surface area (Å²) in [5.74, 6) is 1.29. The molecule has 6 heteroatoms. The summed E-state index contributed by atoms with van der Waals surface area (Å²) in [7, 11) is 0. The molecule has 0 atom stereocenters. The third-order valence-corrected chi connectivity index (χ3v) is 4.39. The van der Waals surface area contributed by atoms with Crippen LogP contribution in [0.3, 0.4) is 0 Å². The van der Waals surface area contributed by atoms with Crippen molar-refractivity contribution in [3.05, 3.63) is 17.5 Å². The minimum absolute atomic E-state index is 0.0809. The Balaban J connectivity index is 1.51. The average molecular weight is 305 g/mol. The van der Waals surface area contributed by atoms with Crippen molar-refractivity contribution in [3.8, 4) is 0 Å². The van der Waals surface area contributed by atoms with Crippen LogP contribution in [0.15, 0.2) is 10.6 Å². The number of amides is 2. The third-order valence-electron chi connectivity index (χ3n) is 4.39. The van der Waals surface area contributed by atoms with Gasteiger partial charge in [0.05, 0.1) is 0 Å². The number of carbonyl (C=O) groups is 2. The summed E-state index contributed by atoms with van der Waals surface area (Å²) < 4.78 is 5.19. The first-order chi connectivity index (χ1) is 10.5. The number of nitrogens with one attached hydrogen (secondary N) is 1. The van der Waals surface area contributed by atoms with Gasteiger partial charge in [-0.05, 0) is 25.7 Å².